The van der Waals surface area contributed by atoms with E-state index in [2.05, 4.69) is 20.6 Å². The van der Waals surface area contributed by atoms with Gasteiger partial charge in [0.05, 0.1) is 12.1 Å². The third-order valence-corrected chi connectivity index (χ3v) is 3.81. The van der Waals surface area contributed by atoms with Gasteiger partial charge < -0.3 is 10.6 Å². The summed E-state index contributed by atoms with van der Waals surface area (Å²) in [6.45, 7) is 0. The second kappa shape index (κ2) is 6.68. The van der Waals surface area contributed by atoms with Gasteiger partial charge in [-0.3, -0.25) is 4.79 Å². The Bertz CT molecular complexity index is 681. The number of carbonyl (C=O) groups is 1. The second-order valence-corrected chi connectivity index (χ2v) is 5.37. The lowest BCUT2D eigenvalue weighted by atomic mass is 9.92. The number of nitrogens with one attached hydrogen (secondary N) is 2. The molecule has 5 nitrogen and oxygen atoms in total. The molecule has 1 aromatic carbocycles. The van der Waals surface area contributed by atoms with Crippen molar-refractivity contribution in [3.63, 3.8) is 0 Å². The zero-order chi connectivity index (χ0) is 16.2. The molecular formula is C16H16F2N4O. The van der Waals surface area contributed by atoms with Crippen LogP contribution < -0.4 is 10.6 Å². The molecule has 2 heterocycles. The standard InChI is InChI=1S/C16H16F2N4O/c17-16(18)12-8-13(20-9-19-12)21-11-6-7-14(23)22-15(11)10-4-2-1-3-5-10/h1-5,8-9,11,15-16H,6-7H2,(H,22,23)(H,19,20,21)/t11-,15+/m1/s1. The molecule has 2 N–H and O–H groups in total. The predicted octanol–water partition coefficient (Wildman–Crippen LogP) is 2.85. The van der Waals surface area contributed by atoms with Crippen LogP contribution in [0.3, 0.4) is 0 Å². The molecule has 0 bridgehead atoms. The van der Waals surface area contributed by atoms with Crippen molar-refractivity contribution in [1.82, 2.24) is 15.3 Å². The summed E-state index contributed by atoms with van der Waals surface area (Å²) in [5.41, 5.74) is 0.639. The Morgan fingerprint density at radius 2 is 2.00 bits per heavy atom. The first-order chi connectivity index (χ1) is 11.1. The van der Waals surface area contributed by atoms with E-state index in [4.69, 9.17) is 0 Å². The zero-order valence-electron chi connectivity index (χ0n) is 12.2. The number of anilines is 1. The normalized spacial score (nSPS) is 21.1. The van der Waals surface area contributed by atoms with E-state index in [0.717, 1.165) is 11.9 Å². The van der Waals surface area contributed by atoms with E-state index in [9.17, 15) is 13.6 Å². The number of alkyl halides is 2. The molecule has 0 unspecified atom stereocenters. The quantitative estimate of drug-likeness (QED) is 0.910. The molecule has 1 aliphatic rings. The van der Waals surface area contributed by atoms with Crippen LogP contribution in [0.15, 0.2) is 42.7 Å². The van der Waals surface area contributed by atoms with Gasteiger partial charge in [-0.25, -0.2) is 18.7 Å². The lowest BCUT2D eigenvalue weighted by Crippen LogP contribution is -2.45. The van der Waals surface area contributed by atoms with Crippen LogP contribution in [0.1, 0.15) is 36.6 Å². The molecule has 0 saturated carbocycles. The van der Waals surface area contributed by atoms with E-state index in [-0.39, 0.29) is 23.7 Å². The molecule has 7 heteroatoms. The smallest absolute Gasteiger partial charge is 0.280 e. The van der Waals surface area contributed by atoms with Gasteiger partial charge in [0.15, 0.2) is 0 Å². The molecule has 3 rings (SSSR count). The summed E-state index contributed by atoms with van der Waals surface area (Å²) in [5.74, 6) is 0.310. The monoisotopic (exact) mass is 318 g/mol. The molecular weight excluding hydrogens is 302 g/mol. The van der Waals surface area contributed by atoms with Crippen LogP contribution in [-0.4, -0.2) is 21.9 Å². The number of hydrogen-bond acceptors (Lipinski definition) is 4. The summed E-state index contributed by atoms with van der Waals surface area (Å²) in [6, 6.07) is 10.4. The van der Waals surface area contributed by atoms with Crippen molar-refractivity contribution < 1.29 is 13.6 Å². The highest BCUT2D eigenvalue weighted by Crippen LogP contribution is 2.27. The van der Waals surface area contributed by atoms with Gasteiger partial charge in [0.2, 0.25) is 5.91 Å². The fourth-order valence-corrected chi connectivity index (χ4v) is 2.69. The Kier molecular flexibility index (Phi) is 4.45. The predicted molar refractivity (Wildman–Crippen MR) is 81.0 cm³/mol. The minimum atomic E-state index is -2.64. The topological polar surface area (TPSA) is 66.9 Å². The highest BCUT2D eigenvalue weighted by molar-refractivity contribution is 5.77. The molecule has 23 heavy (non-hydrogen) atoms. The third kappa shape index (κ3) is 3.61. The van der Waals surface area contributed by atoms with Crippen molar-refractivity contribution in [2.24, 2.45) is 0 Å². The second-order valence-electron chi connectivity index (χ2n) is 5.37. The fraction of sp³-hybridized carbons (Fsp3) is 0.312. The molecule has 0 aliphatic carbocycles. The minimum Gasteiger partial charge on any atom is -0.365 e. The van der Waals surface area contributed by atoms with Crippen molar-refractivity contribution in [1.29, 1.82) is 0 Å². The number of nitrogens with zero attached hydrogens (tertiary/aromatic N) is 2. The Labute approximate surface area is 132 Å². The summed E-state index contributed by atoms with van der Waals surface area (Å²) in [6.07, 6.45) is -0.551. The molecule has 2 aromatic rings. The average Bonchev–Trinajstić information content (AvgIpc) is 2.57. The lowest BCUT2D eigenvalue weighted by Gasteiger charge is -2.33. The van der Waals surface area contributed by atoms with Gasteiger partial charge in [0.1, 0.15) is 17.8 Å². The van der Waals surface area contributed by atoms with Gasteiger partial charge >= 0.3 is 0 Å². The number of benzene rings is 1. The lowest BCUT2D eigenvalue weighted by molar-refractivity contribution is -0.123. The fourth-order valence-electron chi connectivity index (χ4n) is 2.69. The largest absolute Gasteiger partial charge is 0.365 e. The molecule has 1 amide bonds. The molecule has 120 valence electrons. The van der Waals surface area contributed by atoms with E-state index in [1.165, 1.54) is 6.07 Å². The van der Waals surface area contributed by atoms with E-state index < -0.39 is 6.43 Å². The Morgan fingerprint density at radius 1 is 1.22 bits per heavy atom. The van der Waals surface area contributed by atoms with Crippen LogP contribution in [0.2, 0.25) is 0 Å². The Hall–Kier alpha value is -2.57. The Balaban J connectivity index is 1.82. The summed E-state index contributed by atoms with van der Waals surface area (Å²) in [7, 11) is 0. The number of rotatable bonds is 4. The van der Waals surface area contributed by atoms with Crippen molar-refractivity contribution in [2.45, 2.75) is 31.4 Å². The van der Waals surface area contributed by atoms with Crippen molar-refractivity contribution in [3.8, 4) is 0 Å². The van der Waals surface area contributed by atoms with Gasteiger partial charge in [-0.2, -0.15) is 0 Å². The summed E-state index contributed by atoms with van der Waals surface area (Å²) in [4.78, 5) is 19.3. The van der Waals surface area contributed by atoms with Gasteiger partial charge in [-0.1, -0.05) is 30.3 Å². The number of carbonyl (C=O) groups excluding carboxylic acids is 1. The van der Waals surface area contributed by atoms with Crippen LogP contribution in [-0.2, 0) is 4.79 Å². The number of piperidine rings is 1. The molecule has 1 aliphatic heterocycles. The van der Waals surface area contributed by atoms with E-state index in [1.54, 1.807) is 0 Å². The molecule has 1 aromatic heterocycles. The number of amides is 1. The summed E-state index contributed by atoms with van der Waals surface area (Å²) < 4.78 is 25.5. The van der Waals surface area contributed by atoms with E-state index >= 15 is 0 Å². The highest BCUT2D eigenvalue weighted by atomic mass is 19.3. The highest BCUT2D eigenvalue weighted by Gasteiger charge is 2.30. The maximum Gasteiger partial charge on any atom is 0.280 e. The summed E-state index contributed by atoms with van der Waals surface area (Å²) >= 11 is 0. The SMILES string of the molecule is O=C1CC[C@@H](Nc2cc(C(F)F)ncn2)[C@H](c2ccccc2)N1. The van der Waals surface area contributed by atoms with Gasteiger partial charge in [-0.15, -0.1) is 0 Å². The van der Waals surface area contributed by atoms with Gasteiger partial charge in [0, 0.05) is 12.5 Å². The third-order valence-electron chi connectivity index (χ3n) is 3.81. The average molecular weight is 318 g/mol. The van der Waals surface area contributed by atoms with E-state index in [0.29, 0.717) is 18.7 Å². The zero-order valence-corrected chi connectivity index (χ0v) is 12.2. The first-order valence-electron chi connectivity index (χ1n) is 7.34. The van der Waals surface area contributed by atoms with Crippen molar-refractivity contribution in [2.75, 3.05) is 5.32 Å². The summed E-state index contributed by atoms with van der Waals surface area (Å²) in [5, 5.41) is 6.09. The van der Waals surface area contributed by atoms with Gasteiger partial charge in [-0.05, 0) is 12.0 Å². The van der Waals surface area contributed by atoms with Gasteiger partial charge in [0.25, 0.3) is 6.43 Å². The van der Waals surface area contributed by atoms with E-state index in [1.807, 2.05) is 30.3 Å². The maximum atomic E-state index is 12.7. The van der Waals surface area contributed by atoms with Crippen LogP contribution in [0.5, 0.6) is 0 Å². The van der Waals surface area contributed by atoms with Crippen LogP contribution >= 0.6 is 0 Å². The first kappa shape index (κ1) is 15.3. The number of hydrogen-bond donors (Lipinski definition) is 2. The van der Waals surface area contributed by atoms with Crippen LogP contribution in [0.25, 0.3) is 0 Å². The molecule has 1 fully saturated rings. The molecule has 0 radical (unpaired) electrons. The van der Waals surface area contributed by atoms with Crippen LogP contribution in [0.4, 0.5) is 14.6 Å². The Morgan fingerprint density at radius 3 is 2.74 bits per heavy atom. The maximum absolute atomic E-state index is 12.7. The minimum absolute atomic E-state index is 0.0205. The number of aromatic nitrogens is 2. The molecule has 2 atom stereocenters. The van der Waals surface area contributed by atoms with Crippen molar-refractivity contribution >= 4 is 11.7 Å². The van der Waals surface area contributed by atoms with Crippen molar-refractivity contribution in [3.05, 3.63) is 54.0 Å². The first-order valence-corrected chi connectivity index (χ1v) is 7.34. The molecule has 0 spiro atoms. The van der Waals surface area contributed by atoms with Crippen LogP contribution in [0, 0.1) is 0 Å². The number of halogens is 2. The molecule has 1 saturated heterocycles.